The van der Waals surface area contributed by atoms with Crippen molar-refractivity contribution in [3.63, 3.8) is 0 Å². The first-order valence-corrected chi connectivity index (χ1v) is 11.8. The van der Waals surface area contributed by atoms with Gasteiger partial charge in [0.05, 0.1) is 23.0 Å². The van der Waals surface area contributed by atoms with Crippen molar-refractivity contribution >= 4 is 43.8 Å². The highest BCUT2D eigenvalue weighted by atomic mass is 35.5. The largest absolute Gasteiger partial charge is 0.433 e. The minimum absolute atomic E-state index is 0.00219. The zero-order valence-corrected chi connectivity index (χ0v) is 18.5. The van der Waals surface area contributed by atoms with Gasteiger partial charge in [0.15, 0.2) is 19.9 Å². The summed E-state index contributed by atoms with van der Waals surface area (Å²) in [6.45, 7) is 1.51. The maximum absolute atomic E-state index is 13.0. The molecule has 0 unspecified atom stereocenters. The molecule has 31 heavy (non-hydrogen) atoms. The number of imidazole rings is 1. The molecule has 0 fully saturated rings. The van der Waals surface area contributed by atoms with Crippen molar-refractivity contribution in [2.24, 2.45) is 7.05 Å². The van der Waals surface area contributed by atoms with E-state index in [1.165, 1.54) is 11.5 Å². The van der Waals surface area contributed by atoms with Gasteiger partial charge in [-0.1, -0.05) is 30.7 Å². The predicted molar refractivity (Wildman–Crippen MR) is 113 cm³/mol. The Kier molecular flexibility index (Phi) is 5.31. The average molecular weight is 487 g/mol. The van der Waals surface area contributed by atoms with E-state index in [1.54, 1.807) is 31.3 Å². The van der Waals surface area contributed by atoms with Crippen molar-refractivity contribution in [1.29, 1.82) is 0 Å². The molecule has 0 aliphatic carbocycles. The van der Waals surface area contributed by atoms with Crippen LogP contribution in [0.5, 0.6) is 0 Å². The second-order valence-electron chi connectivity index (χ2n) is 6.62. The van der Waals surface area contributed by atoms with E-state index in [0.29, 0.717) is 21.1 Å². The lowest BCUT2D eigenvalue weighted by molar-refractivity contribution is -0.141. The van der Waals surface area contributed by atoms with E-state index in [4.69, 9.17) is 11.6 Å². The van der Waals surface area contributed by atoms with Gasteiger partial charge in [-0.2, -0.15) is 13.2 Å². The molecule has 3 heterocycles. The number of alkyl halides is 3. The number of aryl methyl sites for hydroxylation is 1. The maximum atomic E-state index is 13.0. The molecule has 3 aromatic heterocycles. The van der Waals surface area contributed by atoms with Crippen LogP contribution in [0.3, 0.4) is 0 Å². The van der Waals surface area contributed by atoms with Crippen LogP contribution in [0.4, 0.5) is 13.2 Å². The molecule has 0 atom stereocenters. The highest BCUT2D eigenvalue weighted by Crippen LogP contribution is 2.38. The molecule has 1 aromatic carbocycles. The molecule has 0 aliphatic rings. The number of sulfone groups is 1. The summed E-state index contributed by atoms with van der Waals surface area (Å²) in [5.74, 6) is -0.0222. The number of pyridine rings is 1. The van der Waals surface area contributed by atoms with Crippen LogP contribution in [-0.4, -0.2) is 33.7 Å². The molecule has 4 aromatic rings. The van der Waals surface area contributed by atoms with Gasteiger partial charge in [-0.15, -0.1) is 11.3 Å². The van der Waals surface area contributed by atoms with Crippen LogP contribution in [0.15, 0.2) is 40.7 Å². The second kappa shape index (κ2) is 7.57. The van der Waals surface area contributed by atoms with Gasteiger partial charge >= 0.3 is 6.18 Å². The van der Waals surface area contributed by atoms with Crippen molar-refractivity contribution in [2.75, 3.05) is 5.75 Å². The molecule has 0 aliphatic heterocycles. The fraction of sp³-hybridized carbons (Fsp3) is 0.211. The van der Waals surface area contributed by atoms with Gasteiger partial charge in [-0.25, -0.2) is 23.4 Å². The van der Waals surface area contributed by atoms with Crippen LogP contribution in [0.2, 0.25) is 5.02 Å². The minimum atomic E-state index is -4.62. The van der Waals surface area contributed by atoms with E-state index in [-0.39, 0.29) is 27.0 Å². The molecule has 4 rings (SSSR count). The van der Waals surface area contributed by atoms with E-state index in [0.717, 1.165) is 23.6 Å². The van der Waals surface area contributed by atoms with Crippen LogP contribution >= 0.6 is 22.9 Å². The summed E-state index contributed by atoms with van der Waals surface area (Å²) in [6.07, 6.45) is -3.56. The molecule has 0 N–H and O–H groups in total. The van der Waals surface area contributed by atoms with Crippen LogP contribution in [-0.2, 0) is 23.1 Å². The number of thiazole rings is 1. The second-order valence-corrected chi connectivity index (χ2v) is 10.5. The number of halogens is 4. The van der Waals surface area contributed by atoms with E-state index in [2.05, 4.69) is 15.0 Å². The summed E-state index contributed by atoms with van der Waals surface area (Å²) < 4.78 is 66.1. The first-order chi connectivity index (χ1) is 14.5. The SMILES string of the molecule is CCS(=O)(=O)c1sc(-c2ccc(Cl)cc2)nc1-c1nc2cc(C(F)(F)F)ncc2n1C. The Bertz CT molecular complexity index is 1390. The fourth-order valence-electron chi connectivity index (χ4n) is 2.96. The molecule has 0 radical (unpaired) electrons. The maximum Gasteiger partial charge on any atom is 0.433 e. The van der Waals surface area contributed by atoms with Gasteiger partial charge in [-0.3, -0.25) is 0 Å². The van der Waals surface area contributed by atoms with E-state index in [1.807, 2.05) is 0 Å². The zero-order valence-electron chi connectivity index (χ0n) is 16.1. The van der Waals surface area contributed by atoms with Crippen molar-refractivity contribution in [3.8, 4) is 22.1 Å². The summed E-state index contributed by atoms with van der Waals surface area (Å²) in [4.78, 5) is 12.2. The lowest BCUT2D eigenvalue weighted by Gasteiger charge is -2.05. The summed E-state index contributed by atoms with van der Waals surface area (Å²) in [5, 5.41) is 0.949. The van der Waals surface area contributed by atoms with E-state index >= 15 is 0 Å². The molecule has 0 spiro atoms. The third-order valence-electron chi connectivity index (χ3n) is 4.62. The number of hydrogen-bond donors (Lipinski definition) is 0. The Labute approximate surface area is 184 Å². The van der Waals surface area contributed by atoms with E-state index < -0.39 is 21.7 Å². The van der Waals surface area contributed by atoms with Crippen molar-refractivity contribution in [2.45, 2.75) is 17.3 Å². The third-order valence-corrected chi connectivity index (χ3v) is 8.30. The summed E-state index contributed by atoms with van der Waals surface area (Å²) >= 11 is 6.90. The molecule has 0 saturated heterocycles. The van der Waals surface area contributed by atoms with Gasteiger partial charge < -0.3 is 4.57 Å². The smallest absolute Gasteiger partial charge is 0.324 e. The molecule has 0 amide bonds. The molecule has 0 saturated carbocycles. The van der Waals surface area contributed by atoms with Gasteiger partial charge in [0.1, 0.15) is 16.4 Å². The Morgan fingerprint density at radius 1 is 1.16 bits per heavy atom. The highest BCUT2D eigenvalue weighted by Gasteiger charge is 2.33. The molecule has 0 bridgehead atoms. The molecule has 6 nitrogen and oxygen atoms in total. The van der Waals surface area contributed by atoms with Gasteiger partial charge in [-0.05, 0) is 18.2 Å². The number of aromatic nitrogens is 4. The van der Waals surface area contributed by atoms with Crippen molar-refractivity contribution in [3.05, 3.63) is 47.2 Å². The van der Waals surface area contributed by atoms with Crippen molar-refractivity contribution in [1.82, 2.24) is 19.5 Å². The summed E-state index contributed by atoms with van der Waals surface area (Å²) in [7, 11) is -2.10. The first kappa shape index (κ1) is 21.7. The zero-order chi connectivity index (χ0) is 22.6. The number of hydrogen-bond acceptors (Lipinski definition) is 6. The van der Waals surface area contributed by atoms with Gasteiger partial charge in [0.25, 0.3) is 0 Å². The molecule has 162 valence electrons. The predicted octanol–water partition coefficient (Wildman–Crippen LogP) is 5.22. The Balaban J connectivity index is 1.95. The highest BCUT2D eigenvalue weighted by molar-refractivity contribution is 7.93. The van der Waals surface area contributed by atoms with E-state index in [9.17, 15) is 21.6 Å². The average Bonchev–Trinajstić information content (AvgIpc) is 3.30. The molecule has 12 heteroatoms. The Morgan fingerprint density at radius 3 is 2.45 bits per heavy atom. The number of nitrogens with zero attached hydrogens (tertiary/aromatic N) is 4. The van der Waals surface area contributed by atoms with Crippen LogP contribution in [0.1, 0.15) is 12.6 Å². The lowest BCUT2D eigenvalue weighted by Crippen LogP contribution is -2.07. The number of benzene rings is 1. The Morgan fingerprint density at radius 2 is 1.84 bits per heavy atom. The van der Waals surface area contributed by atoms with Crippen molar-refractivity contribution < 1.29 is 21.6 Å². The number of rotatable bonds is 4. The summed E-state index contributed by atoms with van der Waals surface area (Å²) in [6, 6.07) is 7.57. The summed E-state index contributed by atoms with van der Waals surface area (Å²) in [5.41, 5.74) is 0.0350. The Hall–Kier alpha value is -2.50. The molecular weight excluding hydrogens is 473 g/mol. The monoisotopic (exact) mass is 486 g/mol. The third kappa shape index (κ3) is 3.92. The topological polar surface area (TPSA) is 77.7 Å². The standard InChI is InChI=1S/C19H14ClF3N4O2S2/c1-3-31(28,29)18-15(26-17(30-18)10-4-6-11(20)7-5-10)16-25-12-8-14(19(21,22)23)24-9-13(12)27(16)2/h4-9H,3H2,1-2H3. The molecular formula is C19H14ClF3N4O2S2. The van der Waals surface area contributed by atoms with Crippen LogP contribution in [0.25, 0.3) is 33.1 Å². The number of fused-ring (bicyclic) bond motifs is 1. The normalized spacial score (nSPS) is 12.6. The van der Waals surface area contributed by atoms with Crippen LogP contribution in [0, 0.1) is 0 Å². The van der Waals surface area contributed by atoms with Crippen LogP contribution < -0.4 is 0 Å². The fourth-order valence-corrected chi connectivity index (χ4v) is 5.68. The first-order valence-electron chi connectivity index (χ1n) is 8.91. The van der Waals surface area contributed by atoms with Gasteiger partial charge in [0, 0.05) is 17.6 Å². The van der Waals surface area contributed by atoms with Gasteiger partial charge in [0.2, 0.25) is 0 Å². The quantitative estimate of drug-likeness (QED) is 0.395. The lowest BCUT2D eigenvalue weighted by atomic mass is 10.2. The minimum Gasteiger partial charge on any atom is -0.324 e.